The second-order valence-electron chi connectivity index (χ2n) is 7.77. The number of aromatic amines is 1. The molecule has 0 radical (unpaired) electrons. The Balaban J connectivity index is 2.89. The number of thiol groups is 1. The van der Waals surface area contributed by atoms with Gasteiger partial charge in [0.2, 0.25) is 23.6 Å². The van der Waals surface area contributed by atoms with Gasteiger partial charge in [-0.2, -0.15) is 12.6 Å². The van der Waals surface area contributed by atoms with Crippen molar-refractivity contribution >= 4 is 42.2 Å². The molecular weight excluding hydrogens is 454 g/mol. The lowest BCUT2D eigenvalue weighted by molar-refractivity contribution is -0.141. The standard InChI is InChI=1S/C19H31N7O6S/c1-9(2)15(26-16(28)11(20)5-10-6-22-8-23-10)18(30)24-12(3-4-14(21)27)17(29)25-13(7-33)19(31)32/h6,8-9,11-13,15,33H,3-5,7,20H2,1-2H3,(H2,21,27)(H,22,23)(H,24,30)(H,25,29)(H,26,28)(H,31,32). The number of carboxylic acids is 1. The van der Waals surface area contributed by atoms with E-state index in [4.69, 9.17) is 16.6 Å². The van der Waals surface area contributed by atoms with E-state index in [-0.39, 0.29) is 30.9 Å². The minimum Gasteiger partial charge on any atom is -0.480 e. The fourth-order valence-electron chi connectivity index (χ4n) is 2.80. The number of rotatable bonds is 14. The van der Waals surface area contributed by atoms with E-state index in [1.165, 1.54) is 12.5 Å². The molecule has 0 spiro atoms. The number of nitrogens with zero attached hydrogens (tertiary/aromatic N) is 1. The van der Waals surface area contributed by atoms with Crippen LogP contribution in [0.15, 0.2) is 12.5 Å². The number of carbonyl (C=O) groups is 5. The maximum Gasteiger partial charge on any atom is 0.327 e. The fraction of sp³-hybridized carbons (Fsp3) is 0.579. The van der Waals surface area contributed by atoms with E-state index >= 15 is 0 Å². The van der Waals surface area contributed by atoms with E-state index < -0.39 is 53.8 Å². The Kier molecular flexibility index (Phi) is 11.4. The smallest absolute Gasteiger partial charge is 0.327 e. The van der Waals surface area contributed by atoms with E-state index in [0.717, 1.165) is 0 Å². The van der Waals surface area contributed by atoms with Crippen molar-refractivity contribution in [3.63, 3.8) is 0 Å². The molecule has 0 fully saturated rings. The van der Waals surface area contributed by atoms with Crippen molar-refractivity contribution in [1.29, 1.82) is 0 Å². The van der Waals surface area contributed by atoms with Gasteiger partial charge in [0.25, 0.3) is 0 Å². The first-order chi connectivity index (χ1) is 15.5. The number of nitrogens with two attached hydrogens (primary N) is 2. The van der Waals surface area contributed by atoms with Gasteiger partial charge in [-0.25, -0.2) is 9.78 Å². The lowest BCUT2D eigenvalue weighted by Crippen LogP contribution is -2.58. The summed E-state index contributed by atoms with van der Waals surface area (Å²) < 4.78 is 0. The molecule has 1 aromatic rings. The Morgan fingerprint density at radius 2 is 1.73 bits per heavy atom. The number of carboxylic acid groups (broad SMARTS) is 1. The highest BCUT2D eigenvalue weighted by Gasteiger charge is 2.31. The van der Waals surface area contributed by atoms with Crippen LogP contribution >= 0.6 is 12.6 Å². The molecule has 1 rings (SSSR count). The molecule has 0 aliphatic carbocycles. The van der Waals surface area contributed by atoms with Gasteiger partial charge in [0.15, 0.2) is 0 Å². The third-order valence-corrected chi connectivity index (χ3v) is 5.05. The number of amides is 4. The molecule has 0 bridgehead atoms. The highest BCUT2D eigenvalue weighted by Crippen LogP contribution is 2.07. The molecular formula is C19H31N7O6S. The normalized spacial score (nSPS) is 14.6. The van der Waals surface area contributed by atoms with Crippen molar-refractivity contribution in [3.8, 4) is 0 Å². The minimum atomic E-state index is -1.31. The van der Waals surface area contributed by atoms with Gasteiger partial charge in [-0.1, -0.05) is 13.8 Å². The van der Waals surface area contributed by atoms with E-state index in [0.29, 0.717) is 5.69 Å². The summed E-state index contributed by atoms with van der Waals surface area (Å²) in [5.41, 5.74) is 11.7. The number of aliphatic carboxylic acids is 1. The number of H-pyrrole nitrogens is 1. The van der Waals surface area contributed by atoms with Gasteiger partial charge in [-0.05, 0) is 12.3 Å². The van der Waals surface area contributed by atoms with Crippen LogP contribution in [-0.4, -0.2) is 74.6 Å². The number of hydrogen-bond acceptors (Lipinski definition) is 8. The van der Waals surface area contributed by atoms with E-state index in [9.17, 15) is 24.0 Å². The van der Waals surface area contributed by atoms with E-state index in [1.54, 1.807) is 13.8 Å². The zero-order valence-corrected chi connectivity index (χ0v) is 19.3. The molecule has 184 valence electrons. The molecule has 9 N–H and O–H groups in total. The number of imidazole rings is 1. The third kappa shape index (κ3) is 9.49. The molecule has 0 saturated heterocycles. The molecule has 13 nitrogen and oxygen atoms in total. The van der Waals surface area contributed by atoms with Gasteiger partial charge in [-0.15, -0.1) is 0 Å². The van der Waals surface area contributed by atoms with Gasteiger partial charge in [0, 0.05) is 30.5 Å². The number of hydrogen-bond donors (Lipinski definition) is 8. The Morgan fingerprint density at radius 1 is 1.09 bits per heavy atom. The first kappa shape index (κ1) is 27.9. The summed E-state index contributed by atoms with van der Waals surface area (Å²) in [6.45, 7) is 3.37. The summed E-state index contributed by atoms with van der Waals surface area (Å²) in [5.74, 6) is -4.68. The summed E-state index contributed by atoms with van der Waals surface area (Å²) in [6.07, 6.45) is 2.75. The first-order valence-corrected chi connectivity index (χ1v) is 10.8. The summed E-state index contributed by atoms with van der Waals surface area (Å²) in [6, 6.07) is -4.56. The monoisotopic (exact) mass is 485 g/mol. The molecule has 1 aromatic heterocycles. The van der Waals surface area contributed by atoms with Crippen molar-refractivity contribution in [2.45, 2.75) is 57.3 Å². The van der Waals surface area contributed by atoms with Crippen LogP contribution in [0.2, 0.25) is 0 Å². The van der Waals surface area contributed by atoms with Crippen LogP contribution in [0.1, 0.15) is 32.4 Å². The average molecular weight is 486 g/mol. The first-order valence-electron chi connectivity index (χ1n) is 10.2. The van der Waals surface area contributed by atoms with Crippen molar-refractivity contribution in [2.75, 3.05) is 5.75 Å². The van der Waals surface area contributed by atoms with Crippen LogP contribution in [0.5, 0.6) is 0 Å². The van der Waals surface area contributed by atoms with Gasteiger partial charge in [0.05, 0.1) is 12.4 Å². The number of aromatic nitrogens is 2. The highest BCUT2D eigenvalue weighted by molar-refractivity contribution is 7.80. The van der Waals surface area contributed by atoms with Crippen LogP contribution in [0, 0.1) is 5.92 Å². The summed E-state index contributed by atoms with van der Waals surface area (Å²) >= 11 is 3.88. The van der Waals surface area contributed by atoms with Crippen molar-refractivity contribution in [1.82, 2.24) is 25.9 Å². The molecule has 33 heavy (non-hydrogen) atoms. The molecule has 4 amide bonds. The van der Waals surface area contributed by atoms with Crippen molar-refractivity contribution < 1.29 is 29.1 Å². The SMILES string of the molecule is CC(C)C(NC(=O)C(N)Cc1cnc[nH]1)C(=O)NC(CCC(N)=O)C(=O)NC(CS)C(=O)O. The van der Waals surface area contributed by atoms with Crippen LogP contribution < -0.4 is 27.4 Å². The second-order valence-corrected chi connectivity index (χ2v) is 8.13. The van der Waals surface area contributed by atoms with Crippen LogP contribution in [0.25, 0.3) is 0 Å². The maximum atomic E-state index is 12.9. The topological polar surface area (TPSA) is 222 Å². The highest BCUT2D eigenvalue weighted by atomic mass is 32.1. The van der Waals surface area contributed by atoms with Crippen molar-refractivity contribution in [3.05, 3.63) is 18.2 Å². The van der Waals surface area contributed by atoms with Crippen LogP contribution in [0.4, 0.5) is 0 Å². The van der Waals surface area contributed by atoms with Gasteiger partial charge >= 0.3 is 5.97 Å². The largest absolute Gasteiger partial charge is 0.480 e. The Morgan fingerprint density at radius 3 is 2.21 bits per heavy atom. The number of primary amides is 1. The number of nitrogens with one attached hydrogen (secondary N) is 4. The molecule has 0 aliphatic heterocycles. The predicted octanol–water partition coefficient (Wildman–Crippen LogP) is -2.33. The van der Waals surface area contributed by atoms with E-state index in [1.807, 2.05) is 0 Å². The summed E-state index contributed by atoms with van der Waals surface area (Å²) in [5, 5.41) is 16.4. The molecule has 14 heteroatoms. The molecule has 0 aliphatic rings. The zero-order chi connectivity index (χ0) is 25.1. The van der Waals surface area contributed by atoms with Gasteiger partial charge in [-0.3, -0.25) is 19.2 Å². The zero-order valence-electron chi connectivity index (χ0n) is 18.4. The lowest BCUT2D eigenvalue weighted by atomic mass is 10.0. The average Bonchev–Trinajstić information content (AvgIpc) is 3.24. The molecule has 1 heterocycles. The van der Waals surface area contributed by atoms with Gasteiger partial charge < -0.3 is 37.5 Å². The molecule has 0 saturated carbocycles. The third-order valence-electron chi connectivity index (χ3n) is 4.69. The number of carbonyl (C=O) groups excluding carboxylic acids is 4. The Labute approximate surface area is 196 Å². The minimum absolute atomic E-state index is 0.163. The predicted molar refractivity (Wildman–Crippen MR) is 121 cm³/mol. The fourth-order valence-corrected chi connectivity index (χ4v) is 3.04. The quantitative estimate of drug-likeness (QED) is 0.133. The molecule has 4 atom stereocenters. The maximum absolute atomic E-state index is 12.9. The van der Waals surface area contributed by atoms with E-state index in [2.05, 4.69) is 38.5 Å². The van der Waals surface area contributed by atoms with Crippen molar-refractivity contribution in [2.24, 2.45) is 17.4 Å². The molecule has 0 aromatic carbocycles. The lowest BCUT2D eigenvalue weighted by Gasteiger charge is -2.26. The Bertz CT molecular complexity index is 833. The second kappa shape index (κ2) is 13.4. The molecule has 4 unspecified atom stereocenters. The van der Waals surface area contributed by atoms with Crippen LogP contribution in [-0.2, 0) is 30.4 Å². The Hall–Kier alpha value is -3.13. The summed E-state index contributed by atoms with van der Waals surface area (Å²) in [4.78, 5) is 67.0. The summed E-state index contributed by atoms with van der Waals surface area (Å²) in [7, 11) is 0. The van der Waals surface area contributed by atoms with Gasteiger partial charge in [0.1, 0.15) is 18.1 Å². The van der Waals surface area contributed by atoms with Crippen LogP contribution in [0.3, 0.4) is 0 Å².